The van der Waals surface area contributed by atoms with Crippen molar-refractivity contribution < 1.29 is 21.6 Å². The van der Waals surface area contributed by atoms with E-state index in [2.05, 4.69) is 4.72 Å². The van der Waals surface area contributed by atoms with Crippen molar-refractivity contribution in [2.24, 2.45) is 0 Å². The number of morpholine rings is 1. The van der Waals surface area contributed by atoms with Crippen LogP contribution in [0.5, 0.6) is 0 Å². The molecule has 0 radical (unpaired) electrons. The van der Waals surface area contributed by atoms with Crippen molar-refractivity contribution in [3.05, 3.63) is 17.5 Å². The zero-order valence-corrected chi connectivity index (χ0v) is 14.0. The second-order valence-corrected chi connectivity index (χ2v) is 9.72. The highest BCUT2D eigenvalue weighted by Gasteiger charge is 2.27. The van der Waals surface area contributed by atoms with Gasteiger partial charge in [0, 0.05) is 19.6 Å². The standard InChI is InChI=1S/C11H18N2O5S3/c1-10-9-13(5-6-18-10)20(14,15)8-4-12-21(16,17)11-3-2-7-19-11/h2-3,7,10,12H,4-6,8-9H2,1H3. The maximum absolute atomic E-state index is 12.1. The van der Waals surface area contributed by atoms with Crippen molar-refractivity contribution in [2.75, 3.05) is 32.0 Å². The Kier molecular flexibility index (Phi) is 5.38. The van der Waals surface area contributed by atoms with Crippen LogP contribution < -0.4 is 4.72 Å². The molecular formula is C11H18N2O5S3. The monoisotopic (exact) mass is 354 g/mol. The number of thiophene rings is 1. The Labute approximate surface area is 129 Å². The third kappa shape index (κ3) is 4.47. The zero-order valence-electron chi connectivity index (χ0n) is 11.6. The fourth-order valence-electron chi connectivity index (χ4n) is 1.96. The lowest BCUT2D eigenvalue weighted by molar-refractivity contribution is 0.0102. The Morgan fingerprint density at radius 2 is 2.19 bits per heavy atom. The molecule has 1 fully saturated rings. The van der Waals surface area contributed by atoms with Crippen LogP contribution in [-0.2, 0) is 24.8 Å². The van der Waals surface area contributed by atoms with E-state index in [4.69, 9.17) is 4.74 Å². The number of nitrogens with zero attached hydrogens (tertiary/aromatic N) is 1. The molecule has 0 aromatic carbocycles. The van der Waals surface area contributed by atoms with Crippen LogP contribution in [0.3, 0.4) is 0 Å². The predicted octanol–water partition coefficient (Wildman–Crippen LogP) is 0.0769. The first-order valence-electron chi connectivity index (χ1n) is 6.44. The van der Waals surface area contributed by atoms with E-state index in [-0.39, 0.29) is 22.6 Å². The number of rotatable bonds is 6. The molecule has 1 aromatic rings. The van der Waals surface area contributed by atoms with Gasteiger partial charge in [0.1, 0.15) is 4.21 Å². The van der Waals surface area contributed by atoms with Crippen molar-refractivity contribution in [3.63, 3.8) is 0 Å². The number of hydrogen-bond donors (Lipinski definition) is 1. The molecule has 1 aromatic heterocycles. The van der Waals surface area contributed by atoms with Crippen LogP contribution >= 0.6 is 11.3 Å². The largest absolute Gasteiger partial charge is 0.376 e. The van der Waals surface area contributed by atoms with E-state index in [0.717, 1.165) is 11.3 Å². The maximum Gasteiger partial charge on any atom is 0.250 e. The maximum atomic E-state index is 12.1. The lowest BCUT2D eigenvalue weighted by Gasteiger charge is -2.30. The molecule has 1 aliphatic rings. The molecule has 1 N–H and O–H groups in total. The van der Waals surface area contributed by atoms with Crippen LogP contribution in [0.4, 0.5) is 0 Å². The second-order valence-electron chi connectivity index (χ2n) is 4.69. The molecule has 0 amide bonds. The van der Waals surface area contributed by atoms with Gasteiger partial charge in [-0.15, -0.1) is 11.3 Å². The summed E-state index contributed by atoms with van der Waals surface area (Å²) in [7, 11) is -7.10. The summed E-state index contributed by atoms with van der Waals surface area (Å²) in [6.07, 6.45) is -0.142. The molecular weight excluding hydrogens is 336 g/mol. The molecule has 1 aliphatic heterocycles. The summed E-state index contributed by atoms with van der Waals surface area (Å²) in [4.78, 5) is 0. The third-order valence-corrected chi connectivity index (χ3v) is 7.71. The smallest absolute Gasteiger partial charge is 0.250 e. The molecule has 0 spiro atoms. The number of sulfonamides is 2. The molecule has 10 heteroatoms. The van der Waals surface area contributed by atoms with Gasteiger partial charge in [-0.25, -0.2) is 21.6 Å². The normalized spacial score (nSPS) is 21.5. The van der Waals surface area contributed by atoms with Gasteiger partial charge < -0.3 is 4.74 Å². The predicted molar refractivity (Wildman–Crippen MR) is 80.3 cm³/mol. The molecule has 1 unspecified atom stereocenters. The summed E-state index contributed by atoms with van der Waals surface area (Å²) in [5.74, 6) is -0.260. The van der Waals surface area contributed by atoms with Crippen molar-refractivity contribution in [1.82, 2.24) is 9.03 Å². The molecule has 1 atom stereocenters. The first kappa shape index (κ1) is 16.8. The zero-order chi connectivity index (χ0) is 15.5. The van der Waals surface area contributed by atoms with E-state index >= 15 is 0 Å². The van der Waals surface area contributed by atoms with E-state index in [1.54, 1.807) is 18.4 Å². The van der Waals surface area contributed by atoms with Crippen molar-refractivity contribution in [3.8, 4) is 0 Å². The molecule has 120 valence electrons. The van der Waals surface area contributed by atoms with Gasteiger partial charge in [0.05, 0.1) is 18.5 Å². The quantitative estimate of drug-likeness (QED) is 0.781. The van der Waals surface area contributed by atoms with E-state index in [1.165, 1.54) is 10.4 Å². The average molecular weight is 354 g/mol. The number of hydrogen-bond acceptors (Lipinski definition) is 6. The van der Waals surface area contributed by atoms with Crippen molar-refractivity contribution >= 4 is 31.4 Å². The van der Waals surface area contributed by atoms with Gasteiger partial charge in [-0.2, -0.15) is 4.31 Å². The Bertz CT molecular complexity index is 654. The summed E-state index contributed by atoms with van der Waals surface area (Å²) < 4.78 is 57.2. The van der Waals surface area contributed by atoms with Gasteiger partial charge in [0.15, 0.2) is 0 Å². The number of ether oxygens (including phenoxy) is 1. The highest BCUT2D eigenvalue weighted by molar-refractivity contribution is 7.91. The van der Waals surface area contributed by atoms with Crippen LogP contribution in [-0.4, -0.2) is 59.2 Å². The minimum atomic E-state index is -3.62. The van der Waals surface area contributed by atoms with E-state index in [9.17, 15) is 16.8 Å². The minimum Gasteiger partial charge on any atom is -0.376 e. The van der Waals surface area contributed by atoms with Gasteiger partial charge in [-0.1, -0.05) is 6.07 Å². The molecule has 1 saturated heterocycles. The molecule has 0 aliphatic carbocycles. The van der Waals surface area contributed by atoms with E-state index < -0.39 is 20.0 Å². The van der Waals surface area contributed by atoms with E-state index in [1.807, 2.05) is 0 Å². The average Bonchev–Trinajstić information content (AvgIpc) is 2.93. The van der Waals surface area contributed by atoms with Crippen molar-refractivity contribution in [2.45, 2.75) is 17.2 Å². The Hall–Kier alpha value is -0.520. The van der Waals surface area contributed by atoms with Gasteiger partial charge in [-0.05, 0) is 18.4 Å². The Morgan fingerprint density at radius 1 is 1.43 bits per heavy atom. The fraction of sp³-hybridized carbons (Fsp3) is 0.636. The van der Waals surface area contributed by atoms with Gasteiger partial charge >= 0.3 is 0 Å². The Balaban J connectivity index is 1.90. The third-order valence-electron chi connectivity index (χ3n) is 3.01. The summed E-state index contributed by atoms with van der Waals surface area (Å²) in [6, 6.07) is 3.11. The fourth-order valence-corrected chi connectivity index (χ4v) is 5.57. The van der Waals surface area contributed by atoms with Crippen LogP contribution in [0.15, 0.2) is 21.7 Å². The molecule has 0 bridgehead atoms. The molecule has 2 heterocycles. The lowest BCUT2D eigenvalue weighted by Crippen LogP contribution is -2.46. The lowest BCUT2D eigenvalue weighted by atomic mass is 10.3. The molecule has 7 nitrogen and oxygen atoms in total. The van der Waals surface area contributed by atoms with Crippen molar-refractivity contribution in [1.29, 1.82) is 0 Å². The van der Waals surface area contributed by atoms with Crippen LogP contribution in [0.2, 0.25) is 0 Å². The number of nitrogens with one attached hydrogen (secondary N) is 1. The summed E-state index contributed by atoms with van der Waals surface area (Å²) in [6.45, 7) is 2.64. The summed E-state index contributed by atoms with van der Waals surface area (Å²) >= 11 is 1.09. The van der Waals surface area contributed by atoms with E-state index in [0.29, 0.717) is 19.7 Å². The van der Waals surface area contributed by atoms with Gasteiger partial charge in [-0.3, -0.25) is 0 Å². The van der Waals surface area contributed by atoms with Crippen LogP contribution in [0.1, 0.15) is 6.92 Å². The minimum absolute atomic E-state index is 0.142. The van der Waals surface area contributed by atoms with Crippen LogP contribution in [0.25, 0.3) is 0 Å². The first-order valence-corrected chi connectivity index (χ1v) is 10.4. The topological polar surface area (TPSA) is 92.8 Å². The molecule has 21 heavy (non-hydrogen) atoms. The summed E-state index contributed by atoms with van der Waals surface area (Å²) in [5, 5.41) is 1.65. The SMILES string of the molecule is CC1CN(S(=O)(=O)CCNS(=O)(=O)c2cccs2)CCO1. The first-order chi connectivity index (χ1) is 9.81. The molecule has 2 rings (SSSR count). The highest BCUT2D eigenvalue weighted by Crippen LogP contribution is 2.15. The van der Waals surface area contributed by atoms with Crippen LogP contribution in [0, 0.1) is 0 Å². The van der Waals surface area contributed by atoms with Gasteiger partial charge in [0.25, 0.3) is 0 Å². The summed E-state index contributed by atoms with van der Waals surface area (Å²) in [5.41, 5.74) is 0. The molecule has 0 saturated carbocycles. The highest BCUT2D eigenvalue weighted by atomic mass is 32.2. The van der Waals surface area contributed by atoms with Gasteiger partial charge in [0.2, 0.25) is 20.0 Å². The second kappa shape index (κ2) is 6.71. The Morgan fingerprint density at radius 3 is 2.81 bits per heavy atom.